The summed E-state index contributed by atoms with van der Waals surface area (Å²) in [4.78, 5) is 23.4. The Bertz CT molecular complexity index is 536. The Balaban J connectivity index is 2.11. The summed E-state index contributed by atoms with van der Waals surface area (Å²) in [5.41, 5.74) is -0.541. The highest BCUT2D eigenvalue weighted by Gasteiger charge is 2.41. The molecule has 0 bridgehead atoms. The lowest BCUT2D eigenvalue weighted by atomic mass is 10.2. The third-order valence-electron chi connectivity index (χ3n) is 2.49. The minimum absolute atomic E-state index is 0.329. The largest absolute Gasteiger partial charge is 0.508 e. The Kier molecular flexibility index (Phi) is 3.65. The Labute approximate surface area is 115 Å². The van der Waals surface area contributed by atoms with Gasteiger partial charge in [-0.15, -0.1) is 0 Å². The van der Waals surface area contributed by atoms with Crippen molar-refractivity contribution in [3.63, 3.8) is 0 Å². The first kappa shape index (κ1) is 13.9. The van der Waals surface area contributed by atoms with Crippen LogP contribution in [0.5, 0.6) is 5.75 Å². The number of rotatable bonds is 3. The highest BCUT2D eigenvalue weighted by molar-refractivity contribution is 6.15. The topological polar surface area (TPSA) is 82.1 Å². The van der Waals surface area contributed by atoms with E-state index in [0.29, 0.717) is 5.75 Å². The van der Waals surface area contributed by atoms with Gasteiger partial charge in [-0.2, -0.15) is 0 Å². The number of ether oxygens (including phenoxy) is 3. The molecule has 0 atom stereocenters. The molecule has 6 heteroatoms. The summed E-state index contributed by atoms with van der Waals surface area (Å²) in [5.74, 6) is -3.23. The lowest BCUT2D eigenvalue weighted by molar-refractivity contribution is -0.222. The van der Waals surface area contributed by atoms with Crippen LogP contribution in [-0.2, 0) is 19.1 Å². The van der Waals surface area contributed by atoms with Gasteiger partial charge in [0.1, 0.15) is 12.4 Å². The standard InChI is InChI=1S/C14H14O6/c1-14(2)19-12(16)11(13(17)20-14)10(15)8-18-9-6-4-3-5-7-9/h3-7,15H,8H2,1-2H3. The molecule has 0 amide bonds. The molecule has 106 valence electrons. The summed E-state index contributed by atoms with van der Waals surface area (Å²) in [7, 11) is 0. The Morgan fingerprint density at radius 2 is 1.70 bits per heavy atom. The van der Waals surface area contributed by atoms with Gasteiger partial charge in [0.15, 0.2) is 11.3 Å². The predicted molar refractivity (Wildman–Crippen MR) is 67.9 cm³/mol. The first-order valence-corrected chi connectivity index (χ1v) is 5.96. The molecule has 0 spiro atoms. The number of aliphatic hydroxyl groups is 1. The van der Waals surface area contributed by atoms with E-state index in [1.54, 1.807) is 24.3 Å². The van der Waals surface area contributed by atoms with Gasteiger partial charge < -0.3 is 19.3 Å². The van der Waals surface area contributed by atoms with E-state index < -0.39 is 29.1 Å². The second kappa shape index (κ2) is 5.24. The summed E-state index contributed by atoms with van der Waals surface area (Å²) >= 11 is 0. The van der Waals surface area contributed by atoms with Crippen molar-refractivity contribution < 1.29 is 28.9 Å². The number of carbonyl (C=O) groups is 2. The Morgan fingerprint density at radius 3 is 2.25 bits per heavy atom. The molecule has 1 fully saturated rings. The highest BCUT2D eigenvalue weighted by Crippen LogP contribution is 2.24. The minimum atomic E-state index is -1.34. The van der Waals surface area contributed by atoms with Gasteiger partial charge in [0, 0.05) is 13.8 Å². The third-order valence-corrected chi connectivity index (χ3v) is 2.49. The number of benzene rings is 1. The molecule has 0 aliphatic carbocycles. The predicted octanol–water partition coefficient (Wildman–Crippen LogP) is 1.71. The van der Waals surface area contributed by atoms with Crippen LogP contribution in [-0.4, -0.2) is 29.4 Å². The number of hydrogen-bond acceptors (Lipinski definition) is 6. The monoisotopic (exact) mass is 278 g/mol. The average Bonchev–Trinajstić information content (AvgIpc) is 2.35. The van der Waals surface area contributed by atoms with Crippen molar-refractivity contribution in [3.05, 3.63) is 41.7 Å². The number of hydrogen-bond donors (Lipinski definition) is 1. The summed E-state index contributed by atoms with van der Waals surface area (Å²) < 4.78 is 15.0. The molecule has 0 radical (unpaired) electrons. The maximum absolute atomic E-state index is 11.7. The van der Waals surface area contributed by atoms with E-state index in [9.17, 15) is 14.7 Å². The van der Waals surface area contributed by atoms with Crippen molar-refractivity contribution in [1.29, 1.82) is 0 Å². The minimum Gasteiger partial charge on any atom is -0.508 e. The van der Waals surface area contributed by atoms with Gasteiger partial charge in [-0.1, -0.05) is 18.2 Å². The number of carbonyl (C=O) groups excluding carboxylic acids is 2. The van der Waals surface area contributed by atoms with Crippen LogP contribution in [0.4, 0.5) is 0 Å². The third kappa shape index (κ3) is 3.09. The van der Waals surface area contributed by atoms with Gasteiger partial charge in [-0.3, -0.25) is 0 Å². The van der Waals surface area contributed by atoms with Crippen molar-refractivity contribution in [2.45, 2.75) is 19.6 Å². The summed E-state index contributed by atoms with van der Waals surface area (Å²) in [5, 5.41) is 9.80. The normalized spacial score (nSPS) is 17.2. The molecule has 20 heavy (non-hydrogen) atoms. The molecule has 0 unspecified atom stereocenters. The Morgan fingerprint density at radius 1 is 1.15 bits per heavy atom. The van der Waals surface area contributed by atoms with Crippen molar-refractivity contribution in [2.75, 3.05) is 6.61 Å². The molecular formula is C14H14O6. The van der Waals surface area contributed by atoms with E-state index in [0.717, 1.165) is 0 Å². The zero-order valence-electron chi connectivity index (χ0n) is 11.1. The van der Waals surface area contributed by atoms with Crippen LogP contribution in [0.3, 0.4) is 0 Å². The second-order valence-electron chi connectivity index (χ2n) is 4.60. The van der Waals surface area contributed by atoms with Crippen molar-refractivity contribution >= 4 is 11.9 Å². The number of esters is 2. The van der Waals surface area contributed by atoms with Crippen LogP contribution in [0.25, 0.3) is 0 Å². The van der Waals surface area contributed by atoms with Crippen molar-refractivity contribution in [3.8, 4) is 5.75 Å². The van der Waals surface area contributed by atoms with E-state index in [1.807, 2.05) is 6.07 Å². The van der Waals surface area contributed by atoms with Gasteiger partial charge >= 0.3 is 11.9 Å². The van der Waals surface area contributed by atoms with E-state index >= 15 is 0 Å². The maximum atomic E-state index is 11.7. The average molecular weight is 278 g/mol. The molecule has 1 aliphatic rings. The van der Waals surface area contributed by atoms with Gasteiger partial charge in [-0.05, 0) is 12.1 Å². The summed E-state index contributed by atoms with van der Waals surface area (Å²) in [6.07, 6.45) is 0. The summed E-state index contributed by atoms with van der Waals surface area (Å²) in [6.45, 7) is 2.53. The quantitative estimate of drug-likeness (QED) is 0.392. The molecule has 1 saturated heterocycles. The molecule has 0 aromatic heterocycles. The first-order chi connectivity index (χ1) is 9.39. The van der Waals surface area contributed by atoms with Crippen LogP contribution in [0.2, 0.25) is 0 Å². The highest BCUT2D eigenvalue weighted by atomic mass is 16.7. The molecule has 6 nitrogen and oxygen atoms in total. The lowest BCUT2D eigenvalue weighted by Crippen LogP contribution is -2.42. The van der Waals surface area contributed by atoms with Crippen molar-refractivity contribution in [2.24, 2.45) is 0 Å². The van der Waals surface area contributed by atoms with Crippen LogP contribution < -0.4 is 4.74 Å². The molecule has 1 heterocycles. The van der Waals surface area contributed by atoms with E-state index in [4.69, 9.17) is 14.2 Å². The molecule has 1 aromatic carbocycles. The SMILES string of the molecule is CC1(C)OC(=O)C(=C(O)COc2ccccc2)C(=O)O1. The molecule has 1 aliphatic heterocycles. The lowest BCUT2D eigenvalue weighted by Gasteiger charge is -2.30. The Hall–Kier alpha value is -2.50. The molecular weight excluding hydrogens is 264 g/mol. The van der Waals surface area contributed by atoms with Gasteiger partial charge in [0.05, 0.1) is 0 Å². The van der Waals surface area contributed by atoms with Gasteiger partial charge in [0.25, 0.3) is 5.79 Å². The number of aliphatic hydroxyl groups excluding tert-OH is 1. The molecule has 1 aromatic rings. The van der Waals surface area contributed by atoms with E-state index in [1.165, 1.54) is 13.8 Å². The number of para-hydroxylation sites is 1. The number of cyclic esters (lactones) is 2. The molecule has 2 rings (SSSR count). The molecule has 1 N–H and O–H groups in total. The van der Waals surface area contributed by atoms with Crippen LogP contribution in [0.1, 0.15) is 13.8 Å². The van der Waals surface area contributed by atoms with E-state index in [2.05, 4.69) is 0 Å². The van der Waals surface area contributed by atoms with Gasteiger partial charge in [0.2, 0.25) is 0 Å². The zero-order chi connectivity index (χ0) is 14.8. The second-order valence-corrected chi connectivity index (χ2v) is 4.60. The molecule has 0 saturated carbocycles. The van der Waals surface area contributed by atoms with Crippen LogP contribution in [0, 0.1) is 0 Å². The smallest absolute Gasteiger partial charge is 0.352 e. The fourth-order valence-electron chi connectivity index (χ4n) is 1.63. The summed E-state index contributed by atoms with van der Waals surface area (Å²) in [6, 6.07) is 8.68. The van der Waals surface area contributed by atoms with E-state index in [-0.39, 0.29) is 6.61 Å². The fourth-order valence-corrected chi connectivity index (χ4v) is 1.63. The van der Waals surface area contributed by atoms with Crippen LogP contribution >= 0.6 is 0 Å². The van der Waals surface area contributed by atoms with Crippen LogP contribution in [0.15, 0.2) is 41.7 Å². The van der Waals surface area contributed by atoms with Gasteiger partial charge in [-0.25, -0.2) is 9.59 Å². The first-order valence-electron chi connectivity index (χ1n) is 5.96. The fraction of sp³-hybridized carbons (Fsp3) is 0.286. The van der Waals surface area contributed by atoms with Crippen molar-refractivity contribution in [1.82, 2.24) is 0 Å². The zero-order valence-corrected chi connectivity index (χ0v) is 11.1. The maximum Gasteiger partial charge on any atom is 0.352 e.